The number of phenolic OH excluding ortho intramolecular Hbond substituents is 1. The third kappa shape index (κ3) is 4.98. The zero-order chi connectivity index (χ0) is 16.0. The third-order valence-electron chi connectivity index (χ3n) is 3.21. The molecule has 21 heavy (non-hydrogen) atoms. The van der Waals surface area contributed by atoms with E-state index < -0.39 is 12.0 Å². The van der Waals surface area contributed by atoms with E-state index in [2.05, 4.69) is 5.32 Å². The molecule has 0 fully saturated rings. The fourth-order valence-electron chi connectivity index (χ4n) is 1.98. The van der Waals surface area contributed by atoms with Gasteiger partial charge in [-0.1, -0.05) is 19.9 Å². The molecule has 0 spiro atoms. The monoisotopic (exact) mass is 294 g/mol. The van der Waals surface area contributed by atoms with E-state index in [0.29, 0.717) is 12.2 Å². The Morgan fingerprint density at radius 1 is 1.33 bits per heavy atom. The van der Waals surface area contributed by atoms with Crippen LogP contribution in [0.25, 0.3) is 0 Å². The molecule has 1 aromatic carbocycles. The van der Waals surface area contributed by atoms with Gasteiger partial charge in [0, 0.05) is 24.3 Å². The third-order valence-corrected chi connectivity index (χ3v) is 3.21. The van der Waals surface area contributed by atoms with Crippen LogP contribution in [0.5, 0.6) is 5.75 Å². The first kappa shape index (κ1) is 16.8. The van der Waals surface area contributed by atoms with Crippen LogP contribution in [-0.4, -0.2) is 34.8 Å². The molecule has 0 heterocycles. The minimum atomic E-state index is -0.950. The van der Waals surface area contributed by atoms with Crippen molar-refractivity contribution in [2.45, 2.75) is 33.2 Å². The van der Waals surface area contributed by atoms with Crippen molar-refractivity contribution in [3.05, 3.63) is 24.3 Å². The van der Waals surface area contributed by atoms with Crippen molar-refractivity contribution < 1.29 is 19.8 Å². The Hall–Kier alpha value is -2.24. The maximum Gasteiger partial charge on any atom is 0.322 e. The summed E-state index contributed by atoms with van der Waals surface area (Å²) in [6.07, 6.45) is -0.124. The number of amides is 2. The van der Waals surface area contributed by atoms with Crippen molar-refractivity contribution in [2.24, 2.45) is 5.92 Å². The lowest BCUT2D eigenvalue weighted by atomic mass is 10.0. The van der Waals surface area contributed by atoms with Gasteiger partial charge < -0.3 is 15.5 Å². The van der Waals surface area contributed by atoms with Gasteiger partial charge in [0.05, 0.1) is 6.42 Å². The number of nitrogens with one attached hydrogen (secondary N) is 1. The number of carbonyl (C=O) groups excluding carboxylic acids is 1. The van der Waals surface area contributed by atoms with Crippen molar-refractivity contribution in [3.63, 3.8) is 0 Å². The highest BCUT2D eigenvalue weighted by Gasteiger charge is 2.22. The number of urea groups is 1. The first-order valence-corrected chi connectivity index (χ1v) is 6.94. The predicted molar refractivity (Wildman–Crippen MR) is 80.5 cm³/mol. The minimum absolute atomic E-state index is 0.00734. The van der Waals surface area contributed by atoms with Crippen LogP contribution in [0, 0.1) is 5.92 Å². The van der Waals surface area contributed by atoms with E-state index in [9.17, 15) is 14.7 Å². The number of phenols is 1. The normalized spacial score (nSPS) is 12.0. The zero-order valence-electron chi connectivity index (χ0n) is 12.5. The first-order valence-electron chi connectivity index (χ1n) is 6.94. The van der Waals surface area contributed by atoms with E-state index in [0.717, 1.165) is 0 Å². The summed E-state index contributed by atoms with van der Waals surface area (Å²) >= 11 is 0. The summed E-state index contributed by atoms with van der Waals surface area (Å²) < 4.78 is 0. The molecule has 0 saturated carbocycles. The molecule has 0 aliphatic rings. The minimum Gasteiger partial charge on any atom is -0.508 e. The first-order chi connectivity index (χ1) is 9.85. The van der Waals surface area contributed by atoms with Gasteiger partial charge in [0.25, 0.3) is 0 Å². The Balaban J connectivity index is 2.85. The van der Waals surface area contributed by atoms with Crippen molar-refractivity contribution >= 4 is 17.7 Å². The van der Waals surface area contributed by atoms with Crippen LogP contribution in [-0.2, 0) is 4.79 Å². The summed E-state index contributed by atoms with van der Waals surface area (Å²) in [5.74, 6) is -0.868. The fourth-order valence-corrected chi connectivity index (χ4v) is 1.98. The maximum atomic E-state index is 12.3. The van der Waals surface area contributed by atoms with Crippen molar-refractivity contribution in [1.29, 1.82) is 0 Å². The van der Waals surface area contributed by atoms with Crippen molar-refractivity contribution in [3.8, 4) is 5.75 Å². The molecule has 2 amide bonds. The van der Waals surface area contributed by atoms with E-state index in [-0.39, 0.29) is 24.1 Å². The van der Waals surface area contributed by atoms with E-state index in [1.54, 1.807) is 12.1 Å². The van der Waals surface area contributed by atoms with Crippen molar-refractivity contribution in [1.82, 2.24) is 5.32 Å². The van der Waals surface area contributed by atoms with Crippen LogP contribution in [0.15, 0.2) is 24.3 Å². The molecular weight excluding hydrogens is 272 g/mol. The van der Waals surface area contributed by atoms with Gasteiger partial charge in [-0.2, -0.15) is 0 Å². The number of nitrogens with zero attached hydrogens (tertiary/aromatic N) is 1. The van der Waals surface area contributed by atoms with Crippen molar-refractivity contribution in [2.75, 3.05) is 11.4 Å². The lowest BCUT2D eigenvalue weighted by Crippen LogP contribution is -2.47. The second kappa shape index (κ2) is 7.52. The van der Waals surface area contributed by atoms with Gasteiger partial charge in [0.2, 0.25) is 0 Å². The molecule has 6 heteroatoms. The molecule has 0 bridgehead atoms. The van der Waals surface area contributed by atoms with Gasteiger partial charge in [-0.25, -0.2) is 4.79 Å². The number of aromatic hydroxyl groups is 1. The second-order valence-corrected chi connectivity index (χ2v) is 5.16. The highest BCUT2D eigenvalue weighted by atomic mass is 16.4. The molecule has 1 rings (SSSR count). The topological polar surface area (TPSA) is 89.9 Å². The Bertz CT molecular complexity index is 502. The van der Waals surface area contributed by atoms with Gasteiger partial charge in [-0.05, 0) is 25.0 Å². The summed E-state index contributed by atoms with van der Waals surface area (Å²) in [7, 11) is 0. The van der Waals surface area contributed by atoms with Crippen LogP contribution in [0.2, 0.25) is 0 Å². The molecule has 0 saturated heterocycles. The summed E-state index contributed by atoms with van der Waals surface area (Å²) in [5.41, 5.74) is 0.563. The van der Waals surface area contributed by atoms with Crippen LogP contribution >= 0.6 is 0 Å². The smallest absolute Gasteiger partial charge is 0.322 e. The molecule has 0 aromatic heterocycles. The molecule has 6 nitrogen and oxygen atoms in total. The predicted octanol–water partition coefficient (Wildman–Crippen LogP) is 2.43. The van der Waals surface area contributed by atoms with E-state index >= 15 is 0 Å². The molecule has 3 N–H and O–H groups in total. The molecule has 0 radical (unpaired) electrons. The lowest BCUT2D eigenvalue weighted by Gasteiger charge is -2.27. The molecule has 0 aliphatic heterocycles. The molecule has 1 unspecified atom stereocenters. The number of carboxylic acids is 1. The van der Waals surface area contributed by atoms with Gasteiger partial charge in [-0.15, -0.1) is 0 Å². The maximum absolute atomic E-state index is 12.3. The fraction of sp³-hybridized carbons (Fsp3) is 0.467. The number of rotatable bonds is 6. The molecule has 116 valence electrons. The summed E-state index contributed by atoms with van der Waals surface area (Å²) in [6.45, 7) is 5.94. The molecular formula is C15H22N2O4. The van der Waals surface area contributed by atoms with Gasteiger partial charge in [-0.3, -0.25) is 9.69 Å². The lowest BCUT2D eigenvalue weighted by molar-refractivity contribution is -0.137. The number of carbonyl (C=O) groups is 2. The SMILES string of the molecule is CCN(C(=O)NC(CC(=O)O)C(C)C)c1cccc(O)c1. The quantitative estimate of drug-likeness (QED) is 0.751. The number of carboxylic acid groups (broad SMARTS) is 1. The average Bonchev–Trinajstić information content (AvgIpc) is 2.38. The number of benzene rings is 1. The second-order valence-electron chi connectivity index (χ2n) is 5.16. The highest BCUT2D eigenvalue weighted by Crippen LogP contribution is 2.20. The summed E-state index contributed by atoms with van der Waals surface area (Å²) in [4.78, 5) is 24.6. The Kier molecular flexibility index (Phi) is 6.02. The number of aliphatic carboxylic acids is 1. The van der Waals surface area contributed by atoms with Crippen LogP contribution in [0.4, 0.5) is 10.5 Å². The van der Waals surface area contributed by atoms with Crippen LogP contribution in [0.3, 0.4) is 0 Å². The molecule has 1 aromatic rings. The Morgan fingerprint density at radius 3 is 2.48 bits per heavy atom. The van der Waals surface area contributed by atoms with Crippen LogP contribution < -0.4 is 10.2 Å². The van der Waals surface area contributed by atoms with Gasteiger partial charge in [0.15, 0.2) is 0 Å². The summed E-state index contributed by atoms with van der Waals surface area (Å²) in [5, 5.41) is 21.1. The van der Waals surface area contributed by atoms with E-state index in [4.69, 9.17) is 5.11 Å². The largest absolute Gasteiger partial charge is 0.508 e. The number of anilines is 1. The highest BCUT2D eigenvalue weighted by molar-refractivity contribution is 5.92. The Morgan fingerprint density at radius 2 is 2.00 bits per heavy atom. The number of hydrogen-bond acceptors (Lipinski definition) is 3. The van der Waals surface area contributed by atoms with E-state index in [1.807, 2.05) is 20.8 Å². The Labute approximate surface area is 124 Å². The van der Waals surface area contributed by atoms with Crippen LogP contribution in [0.1, 0.15) is 27.2 Å². The average molecular weight is 294 g/mol. The van der Waals surface area contributed by atoms with Gasteiger partial charge in [0.1, 0.15) is 5.75 Å². The standard InChI is InChI=1S/C15H22N2O4/c1-4-17(11-6-5-7-12(18)8-11)15(21)16-13(10(2)3)9-14(19)20/h5-8,10,13,18H,4,9H2,1-3H3,(H,16,21)(H,19,20). The zero-order valence-corrected chi connectivity index (χ0v) is 12.5. The summed E-state index contributed by atoms with van der Waals surface area (Å²) in [6, 6.07) is 5.56. The van der Waals surface area contributed by atoms with Gasteiger partial charge >= 0.3 is 12.0 Å². The van der Waals surface area contributed by atoms with E-state index in [1.165, 1.54) is 17.0 Å². The number of hydrogen-bond donors (Lipinski definition) is 3. The molecule has 0 aliphatic carbocycles. The molecule has 1 atom stereocenters.